The molecule has 1 fully saturated rings. The molecule has 1 saturated heterocycles. The summed E-state index contributed by atoms with van der Waals surface area (Å²) < 4.78 is 5.00. The molecular weight excluding hydrogens is 248 g/mol. The number of hydrogen-bond donors (Lipinski definition) is 2. The van der Waals surface area contributed by atoms with Gasteiger partial charge in [-0.3, -0.25) is 0 Å². The van der Waals surface area contributed by atoms with E-state index in [-0.39, 0.29) is 11.9 Å². The number of amides is 2. The van der Waals surface area contributed by atoms with Gasteiger partial charge in [0.15, 0.2) is 0 Å². The maximum Gasteiger partial charge on any atom is 0.329 e. The van der Waals surface area contributed by atoms with E-state index in [1.165, 1.54) is 4.90 Å². The fraction of sp³-hybridized carbons (Fsp3) is 0.846. The Morgan fingerprint density at radius 3 is 2.74 bits per heavy atom. The van der Waals surface area contributed by atoms with E-state index in [4.69, 9.17) is 4.74 Å². The highest BCUT2D eigenvalue weighted by Gasteiger charge is 2.43. The quantitative estimate of drug-likeness (QED) is 0.791. The molecule has 0 aromatic heterocycles. The zero-order chi connectivity index (χ0) is 14.5. The summed E-state index contributed by atoms with van der Waals surface area (Å²) >= 11 is 0. The average molecular weight is 272 g/mol. The zero-order valence-corrected chi connectivity index (χ0v) is 11.9. The van der Waals surface area contributed by atoms with E-state index < -0.39 is 11.5 Å². The van der Waals surface area contributed by atoms with Gasteiger partial charge >= 0.3 is 12.0 Å². The molecule has 2 N–H and O–H groups in total. The smallest absolute Gasteiger partial charge is 0.329 e. The van der Waals surface area contributed by atoms with Crippen LogP contribution in [0.15, 0.2) is 0 Å². The molecule has 1 aliphatic heterocycles. The number of methoxy groups -OCH3 is 1. The Bertz CT molecular complexity index is 335. The lowest BCUT2D eigenvalue weighted by atomic mass is 9.89. The molecule has 1 heterocycles. The largest absolute Gasteiger partial charge is 0.480 e. The van der Waals surface area contributed by atoms with Crippen LogP contribution in [-0.2, 0) is 9.53 Å². The van der Waals surface area contributed by atoms with E-state index in [1.54, 1.807) is 14.0 Å². The number of carboxylic acid groups (broad SMARTS) is 1. The normalized spacial score (nSPS) is 24.9. The lowest BCUT2D eigenvalue weighted by Gasteiger charge is -2.41. The maximum absolute atomic E-state index is 12.1. The van der Waals surface area contributed by atoms with E-state index in [1.807, 2.05) is 6.92 Å². The van der Waals surface area contributed by atoms with Crippen molar-refractivity contribution in [1.82, 2.24) is 10.2 Å². The minimum absolute atomic E-state index is 0.204. The van der Waals surface area contributed by atoms with E-state index in [2.05, 4.69) is 5.32 Å². The summed E-state index contributed by atoms with van der Waals surface area (Å²) in [5.74, 6) is -0.734. The van der Waals surface area contributed by atoms with Gasteiger partial charge in [-0.2, -0.15) is 0 Å². The van der Waals surface area contributed by atoms with E-state index in [9.17, 15) is 14.7 Å². The predicted molar refractivity (Wildman–Crippen MR) is 71.0 cm³/mol. The minimum Gasteiger partial charge on any atom is -0.480 e. The van der Waals surface area contributed by atoms with Crippen molar-refractivity contribution in [2.75, 3.05) is 26.8 Å². The summed E-state index contributed by atoms with van der Waals surface area (Å²) in [5, 5.41) is 12.1. The molecule has 2 amide bonds. The van der Waals surface area contributed by atoms with Gasteiger partial charge in [-0.05, 0) is 32.1 Å². The molecule has 110 valence electrons. The van der Waals surface area contributed by atoms with Crippen molar-refractivity contribution in [3.63, 3.8) is 0 Å². The van der Waals surface area contributed by atoms with Crippen molar-refractivity contribution in [1.29, 1.82) is 0 Å². The highest BCUT2D eigenvalue weighted by atomic mass is 16.5. The van der Waals surface area contributed by atoms with Crippen LogP contribution in [0.1, 0.15) is 33.1 Å². The van der Waals surface area contributed by atoms with Crippen molar-refractivity contribution in [2.24, 2.45) is 5.92 Å². The van der Waals surface area contributed by atoms with Crippen molar-refractivity contribution >= 4 is 12.0 Å². The standard InChI is InChI=1S/C13H24N2O4/c1-10(9-19-3)8-14-12(18)15-7-5-4-6-13(15,2)11(16)17/h10H,4-9H2,1-3H3,(H,14,18)(H,16,17). The molecule has 2 atom stereocenters. The van der Waals surface area contributed by atoms with Gasteiger partial charge < -0.3 is 20.1 Å². The number of ether oxygens (including phenoxy) is 1. The number of hydrogen-bond acceptors (Lipinski definition) is 3. The number of carbonyl (C=O) groups excluding carboxylic acids is 1. The van der Waals surface area contributed by atoms with Gasteiger partial charge in [-0.1, -0.05) is 6.92 Å². The summed E-state index contributed by atoms with van der Waals surface area (Å²) in [5.41, 5.74) is -1.09. The van der Waals surface area contributed by atoms with Crippen LogP contribution in [0.2, 0.25) is 0 Å². The maximum atomic E-state index is 12.1. The number of likely N-dealkylation sites (tertiary alicyclic amines) is 1. The van der Waals surface area contributed by atoms with Gasteiger partial charge in [0, 0.05) is 20.2 Å². The van der Waals surface area contributed by atoms with Gasteiger partial charge in [0.05, 0.1) is 6.61 Å². The van der Waals surface area contributed by atoms with Crippen molar-refractivity contribution < 1.29 is 19.4 Å². The summed E-state index contributed by atoms with van der Waals surface area (Å²) in [6.07, 6.45) is 2.19. The fourth-order valence-electron chi connectivity index (χ4n) is 2.37. The zero-order valence-electron chi connectivity index (χ0n) is 11.9. The molecule has 0 radical (unpaired) electrons. The lowest BCUT2D eigenvalue weighted by Crippen LogP contribution is -2.60. The number of carboxylic acids is 1. The molecule has 2 unspecified atom stereocenters. The van der Waals surface area contributed by atoms with Gasteiger partial charge in [0.2, 0.25) is 0 Å². The Hall–Kier alpha value is -1.30. The summed E-state index contributed by atoms with van der Waals surface area (Å²) in [6, 6.07) is -0.299. The van der Waals surface area contributed by atoms with Gasteiger partial charge in [0.25, 0.3) is 0 Å². The van der Waals surface area contributed by atoms with Gasteiger partial charge in [0.1, 0.15) is 5.54 Å². The molecule has 0 aromatic rings. The summed E-state index contributed by atoms with van der Waals surface area (Å²) in [4.78, 5) is 25.0. The average Bonchev–Trinajstić information content (AvgIpc) is 2.36. The molecule has 19 heavy (non-hydrogen) atoms. The van der Waals surface area contributed by atoms with Crippen molar-refractivity contribution in [3.05, 3.63) is 0 Å². The Morgan fingerprint density at radius 1 is 1.47 bits per heavy atom. The predicted octanol–water partition coefficient (Wildman–Crippen LogP) is 1.31. The number of aliphatic carboxylic acids is 1. The Kier molecular flexibility index (Phi) is 5.60. The lowest BCUT2D eigenvalue weighted by molar-refractivity contribution is -0.150. The van der Waals surface area contributed by atoms with Crippen LogP contribution >= 0.6 is 0 Å². The van der Waals surface area contributed by atoms with Crippen LogP contribution < -0.4 is 5.32 Å². The number of urea groups is 1. The molecule has 0 aromatic carbocycles. The first-order valence-electron chi connectivity index (χ1n) is 6.69. The third kappa shape index (κ3) is 3.83. The van der Waals surface area contributed by atoms with E-state index in [0.717, 1.165) is 12.8 Å². The topological polar surface area (TPSA) is 78.9 Å². The van der Waals surface area contributed by atoms with Crippen LogP contribution in [-0.4, -0.2) is 54.4 Å². The van der Waals surface area contributed by atoms with Crippen LogP contribution in [0.25, 0.3) is 0 Å². The molecule has 1 rings (SSSR count). The third-order valence-corrected chi connectivity index (χ3v) is 3.65. The second kappa shape index (κ2) is 6.75. The highest BCUT2D eigenvalue weighted by molar-refractivity contribution is 5.86. The minimum atomic E-state index is -1.09. The molecule has 1 aliphatic rings. The molecule has 0 aliphatic carbocycles. The number of piperidine rings is 1. The first-order valence-corrected chi connectivity index (χ1v) is 6.69. The number of carbonyl (C=O) groups is 2. The van der Waals surface area contributed by atoms with E-state index >= 15 is 0 Å². The monoisotopic (exact) mass is 272 g/mol. The first-order chi connectivity index (χ1) is 8.91. The fourth-order valence-corrected chi connectivity index (χ4v) is 2.37. The highest BCUT2D eigenvalue weighted by Crippen LogP contribution is 2.28. The molecule has 0 spiro atoms. The summed E-state index contributed by atoms with van der Waals surface area (Å²) in [6.45, 7) is 5.13. The summed E-state index contributed by atoms with van der Waals surface area (Å²) in [7, 11) is 1.62. The molecule has 0 saturated carbocycles. The number of nitrogens with one attached hydrogen (secondary N) is 1. The van der Waals surface area contributed by atoms with Gasteiger partial charge in [-0.25, -0.2) is 9.59 Å². The Morgan fingerprint density at radius 2 is 2.16 bits per heavy atom. The van der Waals surface area contributed by atoms with E-state index in [0.29, 0.717) is 26.1 Å². The van der Waals surface area contributed by atoms with Crippen LogP contribution in [0.5, 0.6) is 0 Å². The molecule has 6 nitrogen and oxygen atoms in total. The number of nitrogens with zero attached hydrogens (tertiary/aromatic N) is 1. The second-order valence-electron chi connectivity index (χ2n) is 5.43. The molecule has 0 bridgehead atoms. The SMILES string of the molecule is COCC(C)CNC(=O)N1CCCCC1(C)C(=O)O. The molecular formula is C13H24N2O4. The van der Waals surface area contributed by atoms with Crippen LogP contribution in [0.3, 0.4) is 0 Å². The van der Waals surface area contributed by atoms with Crippen molar-refractivity contribution in [2.45, 2.75) is 38.6 Å². The second-order valence-corrected chi connectivity index (χ2v) is 5.43. The third-order valence-electron chi connectivity index (χ3n) is 3.65. The molecule has 6 heteroatoms. The Balaban J connectivity index is 2.60. The Labute approximate surface area is 114 Å². The van der Waals surface area contributed by atoms with Crippen LogP contribution in [0.4, 0.5) is 4.79 Å². The van der Waals surface area contributed by atoms with Gasteiger partial charge in [-0.15, -0.1) is 0 Å². The van der Waals surface area contributed by atoms with Crippen molar-refractivity contribution in [3.8, 4) is 0 Å². The van der Waals surface area contributed by atoms with Crippen LogP contribution in [0, 0.1) is 5.92 Å². The number of rotatable bonds is 5. The first kappa shape index (κ1) is 15.8.